The van der Waals surface area contributed by atoms with E-state index in [2.05, 4.69) is 5.32 Å². The summed E-state index contributed by atoms with van der Waals surface area (Å²) in [6, 6.07) is 24.2. The van der Waals surface area contributed by atoms with Gasteiger partial charge in [-0.25, -0.2) is 8.42 Å². The van der Waals surface area contributed by atoms with E-state index < -0.39 is 46.2 Å². The number of amides is 2. The summed E-state index contributed by atoms with van der Waals surface area (Å²) in [6.07, 6.45) is -3.14. The van der Waals surface area contributed by atoms with Crippen molar-refractivity contribution in [2.75, 3.05) is 17.4 Å². The molecule has 4 rings (SSSR count). The van der Waals surface area contributed by atoms with Crippen molar-refractivity contribution in [3.8, 4) is 0 Å². The Hall–Kier alpha value is -4.35. The maximum absolute atomic E-state index is 14.5. The number of unbranched alkanes of at least 4 members (excludes halogenated alkanes) is 1. The fourth-order valence-corrected chi connectivity index (χ4v) is 6.58. The Kier molecular flexibility index (Phi) is 12.3. The highest BCUT2D eigenvalue weighted by atomic mass is 35.5. The Morgan fingerprint density at radius 2 is 1.54 bits per heavy atom. The standard InChI is InChI=1S/C36H37ClF3N3O4S/c1-3-4-21-41-35(45)33(22-27-9-6-5-7-10-27)42(24-28-15-17-30(37)18-16-28)34(44)25-43(31-12-8-11-29(23-31)36(38,39)40)48(46,47)32-19-13-26(2)14-20-32/h5-20,23,33H,3-4,21-22,24-25H2,1-2H3,(H,41,45)/t33-/m1/s1. The van der Waals surface area contributed by atoms with Crippen LogP contribution < -0.4 is 9.62 Å². The first-order valence-electron chi connectivity index (χ1n) is 15.4. The minimum Gasteiger partial charge on any atom is -0.354 e. The lowest BCUT2D eigenvalue weighted by atomic mass is 10.0. The van der Waals surface area contributed by atoms with Crippen LogP contribution in [0.25, 0.3) is 0 Å². The van der Waals surface area contributed by atoms with Crippen LogP contribution in [0.5, 0.6) is 0 Å². The number of nitrogens with one attached hydrogen (secondary N) is 1. The zero-order chi connectivity index (χ0) is 34.9. The van der Waals surface area contributed by atoms with Crippen LogP contribution >= 0.6 is 11.6 Å². The summed E-state index contributed by atoms with van der Waals surface area (Å²) in [5.41, 5.74) is 0.704. The fraction of sp³-hybridized carbons (Fsp3) is 0.278. The molecule has 1 atom stereocenters. The van der Waals surface area contributed by atoms with E-state index in [0.717, 1.165) is 29.7 Å². The number of carbonyl (C=O) groups is 2. The molecule has 254 valence electrons. The Bertz CT molecular complexity index is 1790. The van der Waals surface area contributed by atoms with Gasteiger partial charge in [-0.15, -0.1) is 0 Å². The highest BCUT2D eigenvalue weighted by Crippen LogP contribution is 2.33. The lowest BCUT2D eigenvalue weighted by Crippen LogP contribution is -2.53. The van der Waals surface area contributed by atoms with E-state index in [1.54, 1.807) is 55.5 Å². The largest absolute Gasteiger partial charge is 0.416 e. The molecule has 0 bridgehead atoms. The summed E-state index contributed by atoms with van der Waals surface area (Å²) in [5.74, 6) is -1.23. The molecule has 0 aliphatic rings. The minimum absolute atomic E-state index is 0.101. The topological polar surface area (TPSA) is 86.8 Å². The molecular weight excluding hydrogens is 663 g/mol. The van der Waals surface area contributed by atoms with E-state index >= 15 is 0 Å². The Morgan fingerprint density at radius 1 is 0.875 bits per heavy atom. The van der Waals surface area contributed by atoms with Crippen molar-refractivity contribution in [2.45, 2.75) is 56.8 Å². The van der Waals surface area contributed by atoms with Gasteiger partial charge in [0, 0.05) is 24.5 Å². The minimum atomic E-state index is -4.77. The Labute approximate surface area is 284 Å². The number of aryl methyl sites for hydroxylation is 1. The molecule has 0 saturated carbocycles. The molecule has 1 N–H and O–H groups in total. The number of benzene rings is 4. The summed E-state index contributed by atoms with van der Waals surface area (Å²) in [4.78, 5) is 29.3. The molecular formula is C36H37ClF3N3O4S. The number of anilines is 1. The third kappa shape index (κ3) is 9.60. The van der Waals surface area contributed by atoms with Crippen molar-refractivity contribution in [3.63, 3.8) is 0 Å². The highest BCUT2D eigenvalue weighted by Gasteiger charge is 2.36. The summed E-state index contributed by atoms with van der Waals surface area (Å²) in [5, 5.41) is 3.35. The van der Waals surface area contributed by atoms with Crippen molar-refractivity contribution in [1.29, 1.82) is 0 Å². The van der Waals surface area contributed by atoms with Gasteiger partial charge in [0.25, 0.3) is 10.0 Å². The van der Waals surface area contributed by atoms with E-state index in [0.29, 0.717) is 33.9 Å². The van der Waals surface area contributed by atoms with Gasteiger partial charge >= 0.3 is 6.18 Å². The highest BCUT2D eigenvalue weighted by molar-refractivity contribution is 7.92. The maximum Gasteiger partial charge on any atom is 0.416 e. The van der Waals surface area contributed by atoms with Crippen LogP contribution in [0.15, 0.2) is 108 Å². The second kappa shape index (κ2) is 16.2. The molecule has 0 unspecified atom stereocenters. The molecule has 0 spiro atoms. The quantitative estimate of drug-likeness (QED) is 0.139. The lowest BCUT2D eigenvalue weighted by molar-refractivity contribution is -0.140. The molecule has 0 radical (unpaired) electrons. The zero-order valence-electron chi connectivity index (χ0n) is 26.6. The van der Waals surface area contributed by atoms with Gasteiger partial charge < -0.3 is 10.2 Å². The summed E-state index contributed by atoms with van der Waals surface area (Å²) < 4.78 is 70.2. The van der Waals surface area contributed by atoms with Crippen LogP contribution in [0.2, 0.25) is 5.02 Å². The van der Waals surface area contributed by atoms with Gasteiger partial charge in [-0.2, -0.15) is 13.2 Å². The number of carbonyl (C=O) groups excluding carboxylic acids is 2. The smallest absolute Gasteiger partial charge is 0.354 e. The van der Waals surface area contributed by atoms with Crippen molar-refractivity contribution in [1.82, 2.24) is 10.2 Å². The molecule has 0 fully saturated rings. The molecule has 12 heteroatoms. The van der Waals surface area contributed by atoms with Crippen LogP contribution in [-0.4, -0.2) is 44.3 Å². The number of nitrogens with zero attached hydrogens (tertiary/aromatic N) is 2. The Morgan fingerprint density at radius 3 is 2.17 bits per heavy atom. The fourth-order valence-electron chi connectivity index (χ4n) is 5.05. The van der Waals surface area contributed by atoms with Gasteiger partial charge in [0.1, 0.15) is 12.6 Å². The zero-order valence-corrected chi connectivity index (χ0v) is 28.2. The number of sulfonamides is 1. The molecule has 2 amide bonds. The number of alkyl halides is 3. The van der Waals surface area contributed by atoms with Crippen molar-refractivity contribution >= 4 is 39.1 Å². The average molecular weight is 700 g/mol. The van der Waals surface area contributed by atoms with Crippen molar-refractivity contribution < 1.29 is 31.2 Å². The summed E-state index contributed by atoms with van der Waals surface area (Å²) in [6.45, 7) is 3.12. The third-order valence-electron chi connectivity index (χ3n) is 7.72. The second-order valence-corrected chi connectivity index (χ2v) is 13.7. The molecule has 48 heavy (non-hydrogen) atoms. The average Bonchev–Trinajstić information content (AvgIpc) is 3.06. The van der Waals surface area contributed by atoms with E-state index in [4.69, 9.17) is 11.6 Å². The van der Waals surface area contributed by atoms with E-state index in [-0.39, 0.29) is 23.5 Å². The van der Waals surface area contributed by atoms with Gasteiger partial charge in [-0.3, -0.25) is 13.9 Å². The van der Waals surface area contributed by atoms with Crippen LogP contribution in [0, 0.1) is 6.92 Å². The van der Waals surface area contributed by atoms with Gasteiger partial charge in [-0.1, -0.05) is 91.2 Å². The first kappa shape index (κ1) is 36.5. The molecule has 0 aromatic heterocycles. The van der Waals surface area contributed by atoms with Crippen LogP contribution in [-0.2, 0) is 38.8 Å². The van der Waals surface area contributed by atoms with Crippen molar-refractivity contribution in [3.05, 3.63) is 130 Å². The third-order valence-corrected chi connectivity index (χ3v) is 9.76. The van der Waals surface area contributed by atoms with Crippen LogP contribution in [0.3, 0.4) is 0 Å². The molecule has 4 aromatic carbocycles. The van der Waals surface area contributed by atoms with E-state index in [1.807, 2.05) is 25.1 Å². The SMILES string of the molecule is CCCCNC(=O)[C@@H](Cc1ccccc1)N(Cc1ccc(Cl)cc1)C(=O)CN(c1cccc(C(F)(F)F)c1)S(=O)(=O)c1ccc(C)cc1. The van der Waals surface area contributed by atoms with Gasteiger partial charge in [-0.05, 0) is 66.9 Å². The Balaban J connectivity index is 1.83. The van der Waals surface area contributed by atoms with Crippen LogP contribution in [0.4, 0.5) is 18.9 Å². The molecule has 0 saturated heterocycles. The number of hydrogen-bond acceptors (Lipinski definition) is 4. The predicted molar refractivity (Wildman–Crippen MR) is 181 cm³/mol. The van der Waals surface area contributed by atoms with Gasteiger partial charge in [0.15, 0.2) is 0 Å². The van der Waals surface area contributed by atoms with E-state index in [9.17, 15) is 31.2 Å². The molecule has 0 heterocycles. The predicted octanol–water partition coefficient (Wildman–Crippen LogP) is 7.42. The molecule has 0 aliphatic carbocycles. The maximum atomic E-state index is 14.5. The monoisotopic (exact) mass is 699 g/mol. The van der Waals surface area contributed by atoms with Gasteiger partial charge in [0.2, 0.25) is 11.8 Å². The first-order valence-corrected chi connectivity index (χ1v) is 17.2. The molecule has 4 aromatic rings. The molecule has 7 nitrogen and oxygen atoms in total. The second-order valence-electron chi connectivity index (χ2n) is 11.4. The first-order chi connectivity index (χ1) is 22.8. The number of halogens is 4. The molecule has 0 aliphatic heterocycles. The van der Waals surface area contributed by atoms with Crippen LogP contribution in [0.1, 0.15) is 42.0 Å². The van der Waals surface area contributed by atoms with E-state index in [1.165, 1.54) is 23.1 Å². The number of hydrogen-bond donors (Lipinski definition) is 1. The summed E-state index contributed by atoms with van der Waals surface area (Å²) in [7, 11) is -4.56. The van der Waals surface area contributed by atoms with Crippen molar-refractivity contribution in [2.24, 2.45) is 0 Å². The van der Waals surface area contributed by atoms with Gasteiger partial charge in [0.05, 0.1) is 16.1 Å². The lowest BCUT2D eigenvalue weighted by Gasteiger charge is -2.34. The number of rotatable bonds is 14. The summed E-state index contributed by atoms with van der Waals surface area (Å²) >= 11 is 6.10. The normalized spacial score (nSPS) is 12.3.